The third-order valence-electron chi connectivity index (χ3n) is 4.05. The molecule has 2 rings (SSSR count). The van der Waals surface area contributed by atoms with Crippen LogP contribution in [0.15, 0.2) is 18.2 Å². The van der Waals surface area contributed by atoms with Gasteiger partial charge < -0.3 is 16.0 Å². The number of benzene rings is 1. The zero-order valence-electron chi connectivity index (χ0n) is 14.2. The average Bonchev–Trinajstić information content (AvgIpc) is 2.85. The molecule has 4 nitrogen and oxygen atoms in total. The molecule has 1 aromatic rings. The van der Waals surface area contributed by atoms with E-state index in [1.165, 1.54) is 6.42 Å². The van der Waals surface area contributed by atoms with Gasteiger partial charge in [-0.2, -0.15) is 0 Å². The molecule has 1 heterocycles. The van der Waals surface area contributed by atoms with Crippen LogP contribution in [-0.2, 0) is 0 Å². The number of hydrogen-bond donors (Lipinski definition) is 2. The van der Waals surface area contributed by atoms with Crippen molar-refractivity contribution in [1.29, 1.82) is 0 Å². The summed E-state index contributed by atoms with van der Waals surface area (Å²) in [4.78, 5) is 14.7. The van der Waals surface area contributed by atoms with E-state index in [2.05, 4.69) is 24.1 Å². The average molecular weight is 362 g/mol. The molecule has 1 aromatic carbocycles. The third kappa shape index (κ3) is 6.58. The molecule has 6 heteroatoms. The quantitative estimate of drug-likeness (QED) is 0.792. The van der Waals surface area contributed by atoms with Gasteiger partial charge in [-0.1, -0.05) is 19.9 Å². The maximum absolute atomic E-state index is 12.3. The number of likely N-dealkylation sites (tertiary alicyclic amines) is 1. The minimum absolute atomic E-state index is 0. The molecule has 132 valence electrons. The summed E-state index contributed by atoms with van der Waals surface area (Å²) in [5.74, 6) is 1.25. The summed E-state index contributed by atoms with van der Waals surface area (Å²) in [6.45, 7) is 10.6. The van der Waals surface area contributed by atoms with Crippen LogP contribution in [-0.4, -0.2) is 37.0 Å². The Kier molecular flexibility index (Phi) is 9.59. The molecule has 0 aliphatic carbocycles. The number of amides is 1. The van der Waals surface area contributed by atoms with Crippen molar-refractivity contribution in [2.24, 2.45) is 11.8 Å². The van der Waals surface area contributed by atoms with E-state index in [9.17, 15) is 4.79 Å². The molecule has 1 aliphatic rings. The van der Waals surface area contributed by atoms with Gasteiger partial charge in [0.05, 0.1) is 0 Å². The summed E-state index contributed by atoms with van der Waals surface area (Å²) < 4.78 is 0. The standard InChI is InChI=1S/C17H27N3O.2ClH/c1-12(2)10-20-7-6-14(11-20)9-19-17(21)16-8-15(18)5-4-13(16)3;;/h4-5,8,12,14H,6-7,9-11,18H2,1-3H3,(H,19,21);2*1H. The molecule has 1 amide bonds. The number of nitrogens with one attached hydrogen (secondary N) is 1. The predicted molar refractivity (Wildman–Crippen MR) is 102 cm³/mol. The van der Waals surface area contributed by atoms with Crippen molar-refractivity contribution >= 4 is 36.4 Å². The highest BCUT2D eigenvalue weighted by molar-refractivity contribution is 5.96. The van der Waals surface area contributed by atoms with Crippen molar-refractivity contribution in [2.75, 3.05) is 31.9 Å². The number of halogens is 2. The van der Waals surface area contributed by atoms with Gasteiger partial charge in [-0.3, -0.25) is 4.79 Å². The molecule has 0 radical (unpaired) electrons. The molecule has 0 saturated carbocycles. The summed E-state index contributed by atoms with van der Waals surface area (Å²) in [7, 11) is 0. The molecule has 0 aromatic heterocycles. The molecule has 1 aliphatic heterocycles. The van der Waals surface area contributed by atoms with Crippen LogP contribution in [0, 0.1) is 18.8 Å². The second-order valence-electron chi connectivity index (χ2n) is 6.59. The maximum atomic E-state index is 12.3. The first kappa shape index (κ1) is 22.0. The minimum Gasteiger partial charge on any atom is -0.399 e. The first-order valence-corrected chi connectivity index (χ1v) is 7.82. The van der Waals surface area contributed by atoms with Crippen LogP contribution in [0.3, 0.4) is 0 Å². The van der Waals surface area contributed by atoms with Crippen molar-refractivity contribution in [2.45, 2.75) is 27.2 Å². The van der Waals surface area contributed by atoms with Gasteiger partial charge in [-0.25, -0.2) is 0 Å². The molecule has 1 fully saturated rings. The normalized spacial score (nSPS) is 17.5. The van der Waals surface area contributed by atoms with Gasteiger partial charge in [0, 0.05) is 30.9 Å². The van der Waals surface area contributed by atoms with Crippen molar-refractivity contribution in [3.8, 4) is 0 Å². The fourth-order valence-corrected chi connectivity index (χ4v) is 2.98. The van der Waals surface area contributed by atoms with E-state index < -0.39 is 0 Å². The van der Waals surface area contributed by atoms with E-state index in [0.717, 1.165) is 31.7 Å². The topological polar surface area (TPSA) is 58.4 Å². The number of nitrogens with two attached hydrogens (primary N) is 1. The second-order valence-corrected chi connectivity index (χ2v) is 6.59. The number of hydrogen-bond acceptors (Lipinski definition) is 3. The van der Waals surface area contributed by atoms with Crippen LogP contribution in [0.25, 0.3) is 0 Å². The summed E-state index contributed by atoms with van der Waals surface area (Å²) >= 11 is 0. The maximum Gasteiger partial charge on any atom is 0.251 e. The number of nitrogen functional groups attached to an aromatic ring is 1. The molecule has 1 unspecified atom stereocenters. The zero-order chi connectivity index (χ0) is 15.4. The minimum atomic E-state index is -0.0119. The van der Waals surface area contributed by atoms with Crippen LogP contribution >= 0.6 is 24.8 Å². The first-order valence-electron chi connectivity index (χ1n) is 7.82. The lowest BCUT2D eigenvalue weighted by Crippen LogP contribution is -2.32. The Morgan fingerprint density at radius 2 is 2.09 bits per heavy atom. The summed E-state index contributed by atoms with van der Waals surface area (Å²) in [6, 6.07) is 5.47. The van der Waals surface area contributed by atoms with E-state index in [1.54, 1.807) is 6.07 Å². The number of rotatable bonds is 5. The van der Waals surface area contributed by atoms with Crippen LogP contribution in [0.1, 0.15) is 36.2 Å². The van der Waals surface area contributed by atoms with Gasteiger partial charge in [0.2, 0.25) is 0 Å². The zero-order valence-corrected chi connectivity index (χ0v) is 15.8. The summed E-state index contributed by atoms with van der Waals surface area (Å²) in [6.07, 6.45) is 1.17. The van der Waals surface area contributed by atoms with E-state index in [-0.39, 0.29) is 30.7 Å². The van der Waals surface area contributed by atoms with Crippen molar-refractivity contribution in [1.82, 2.24) is 10.2 Å². The Bertz CT molecular complexity index is 509. The van der Waals surface area contributed by atoms with Gasteiger partial charge in [0.15, 0.2) is 0 Å². The first-order chi connectivity index (χ1) is 9.95. The van der Waals surface area contributed by atoms with Gasteiger partial charge >= 0.3 is 0 Å². The fourth-order valence-electron chi connectivity index (χ4n) is 2.98. The summed E-state index contributed by atoms with van der Waals surface area (Å²) in [5, 5.41) is 3.06. The molecule has 1 atom stereocenters. The van der Waals surface area contributed by atoms with Crippen molar-refractivity contribution < 1.29 is 4.79 Å². The van der Waals surface area contributed by atoms with Crippen molar-refractivity contribution in [3.05, 3.63) is 29.3 Å². The van der Waals surface area contributed by atoms with Gasteiger partial charge in [-0.05, 0) is 49.4 Å². The van der Waals surface area contributed by atoms with Crippen LogP contribution in [0.5, 0.6) is 0 Å². The Hall–Kier alpha value is -0.970. The number of carbonyl (C=O) groups excluding carboxylic acids is 1. The van der Waals surface area contributed by atoms with E-state index >= 15 is 0 Å². The van der Waals surface area contributed by atoms with E-state index in [4.69, 9.17) is 5.73 Å². The van der Waals surface area contributed by atoms with Gasteiger partial charge in [0.1, 0.15) is 0 Å². The number of nitrogens with zero attached hydrogens (tertiary/aromatic N) is 1. The molecule has 0 bridgehead atoms. The predicted octanol–water partition coefficient (Wildman–Crippen LogP) is 3.13. The lowest BCUT2D eigenvalue weighted by molar-refractivity contribution is 0.0946. The highest BCUT2D eigenvalue weighted by Crippen LogP contribution is 2.17. The van der Waals surface area contributed by atoms with Gasteiger partial charge in [0.25, 0.3) is 5.91 Å². The van der Waals surface area contributed by atoms with E-state index in [1.807, 2.05) is 19.1 Å². The molecular weight excluding hydrogens is 333 g/mol. The molecule has 3 N–H and O–H groups in total. The lowest BCUT2D eigenvalue weighted by atomic mass is 10.1. The smallest absolute Gasteiger partial charge is 0.251 e. The Labute approximate surface area is 152 Å². The Balaban J connectivity index is 0.00000242. The van der Waals surface area contributed by atoms with Crippen molar-refractivity contribution in [3.63, 3.8) is 0 Å². The number of carbonyl (C=O) groups is 1. The summed E-state index contributed by atoms with van der Waals surface area (Å²) in [5.41, 5.74) is 8.05. The molecule has 0 spiro atoms. The molecule has 23 heavy (non-hydrogen) atoms. The number of aryl methyl sites for hydroxylation is 1. The monoisotopic (exact) mass is 361 g/mol. The lowest BCUT2D eigenvalue weighted by Gasteiger charge is -2.18. The third-order valence-corrected chi connectivity index (χ3v) is 4.05. The van der Waals surface area contributed by atoms with Crippen LogP contribution in [0.2, 0.25) is 0 Å². The Morgan fingerprint density at radius 3 is 2.74 bits per heavy atom. The largest absolute Gasteiger partial charge is 0.399 e. The molecule has 1 saturated heterocycles. The Morgan fingerprint density at radius 1 is 1.39 bits per heavy atom. The van der Waals surface area contributed by atoms with Gasteiger partial charge in [-0.15, -0.1) is 24.8 Å². The highest BCUT2D eigenvalue weighted by Gasteiger charge is 2.23. The number of anilines is 1. The molecular formula is C17H29Cl2N3O. The second kappa shape index (κ2) is 10.0. The SMILES string of the molecule is Cc1ccc(N)cc1C(=O)NCC1CCN(CC(C)C)C1.Cl.Cl. The van der Waals surface area contributed by atoms with Crippen LogP contribution in [0.4, 0.5) is 5.69 Å². The fraction of sp³-hybridized carbons (Fsp3) is 0.588. The highest BCUT2D eigenvalue weighted by atomic mass is 35.5. The van der Waals surface area contributed by atoms with E-state index in [0.29, 0.717) is 23.1 Å². The van der Waals surface area contributed by atoms with Crippen LogP contribution < -0.4 is 11.1 Å².